The van der Waals surface area contributed by atoms with Crippen molar-refractivity contribution in [1.82, 2.24) is 5.32 Å². The second-order valence-electron chi connectivity index (χ2n) is 7.09. The maximum atomic E-state index is 10.5. The maximum absolute atomic E-state index is 10.5. The zero-order chi connectivity index (χ0) is 20.6. The van der Waals surface area contributed by atoms with E-state index in [-0.39, 0.29) is 6.42 Å². The van der Waals surface area contributed by atoms with Crippen LogP contribution in [-0.4, -0.2) is 37.4 Å². The van der Waals surface area contributed by atoms with Crippen molar-refractivity contribution in [3.8, 4) is 5.75 Å². The van der Waals surface area contributed by atoms with E-state index in [9.17, 15) is 4.79 Å². The summed E-state index contributed by atoms with van der Waals surface area (Å²) in [6.45, 7) is 3.53. The smallest absolute Gasteiger partial charge is 0.304 e. The van der Waals surface area contributed by atoms with E-state index in [1.807, 2.05) is 30.3 Å². The summed E-state index contributed by atoms with van der Waals surface area (Å²) in [4.78, 5) is 10.5. The molecule has 0 fully saturated rings. The molecule has 0 aliphatic carbocycles. The molecule has 5 nitrogen and oxygen atoms in total. The molecule has 0 amide bonds. The first-order chi connectivity index (χ1) is 14.2. The van der Waals surface area contributed by atoms with Crippen molar-refractivity contribution in [1.29, 1.82) is 0 Å². The van der Waals surface area contributed by atoms with E-state index in [2.05, 4.69) is 29.6 Å². The lowest BCUT2D eigenvalue weighted by Gasteiger charge is -2.09. The molecule has 0 unspecified atom stereocenters. The quantitative estimate of drug-likeness (QED) is 0.408. The van der Waals surface area contributed by atoms with E-state index in [0.29, 0.717) is 13.2 Å². The van der Waals surface area contributed by atoms with Crippen molar-refractivity contribution >= 4 is 5.97 Å². The van der Waals surface area contributed by atoms with Crippen molar-refractivity contribution in [2.75, 3.05) is 26.3 Å². The summed E-state index contributed by atoms with van der Waals surface area (Å²) < 4.78 is 11.6. The van der Waals surface area contributed by atoms with Gasteiger partial charge in [-0.15, -0.1) is 0 Å². The predicted molar refractivity (Wildman–Crippen MR) is 115 cm³/mol. The highest BCUT2D eigenvalue weighted by molar-refractivity contribution is 5.66. The fourth-order valence-electron chi connectivity index (χ4n) is 2.97. The monoisotopic (exact) mass is 399 g/mol. The van der Waals surface area contributed by atoms with Crippen LogP contribution in [0, 0.1) is 0 Å². The second kappa shape index (κ2) is 14.6. The normalized spacial score (nSPS) is 10.8. The van der Waals surface area contributed by atoms with Gasteiger partial charge in [-0.3, -0.25) is 4.79 Å². The van der Waals surface area contributed by atoms with E-state index in [0.717, 1.165) is 57.6 Å². The fourth-order valence-corrected chi connectivity index (χ4v) is 2.97. The van der Waals surface area contributed by atoms with Gasteiger partial charge in [-0.2, -0.15) is 0 Å². The van der Waals surface area contributed by atoms with Gasteiger partial charge < -0.3 is 19.9 Å². The molecule has 29 heavy (non-hydrogen) atoms. The number of nitrogens with one attached hydrogen (secondary N) is 1. The molecule has 0 aliphatic rings. The van der Waals surface area contributed by atoms with Crippen molar-refractivity contribution in [2.45, 2.75) is 45.1 Å². The molecule has 0 saturated carbocycles. The number of aliphatic carboxylic acids is 1. The number of hydrogen-bond donors (Lipinski definition) is 2. The molecule has 0 aliphatic heterocycles. The van der Waals surface area contributed by atoms with Crippen LogP contribution >= 0.6 is 0 Å². The van der Waals surface area contributed by atoms with Gasteiger partial charge in [-0.05, 0) is 61.9 Å². The minimum Gasteiger partial charge on any atom is -0.494 e. The third kappa shape index (κ3) is 11.3. The Kier molecular flexibility index (Phi) is 11.5. The molecule has 0 heterocycles. The van der Waals surface area contributed by atoms with Gasteiger partial charge in [0.2, 0.25) is 0 Å². The summed E-state index contributed by atoms with van der Waals surface area (Å²) in [5, 5.41) is 11.8. The maximum Gasteiger partial charge on any atom is 0.304 e. The Morgan fingerprint density at radius 1 is 0.862 bits per heavy atom. The van der Waals surface area contributed by atoms with Crippen LogP contribution in [-0.2, 0) is 22.6 Å². The zero-order valence-corrected chi connectivity index (χ0v) is 17.1. The van der Waals surface area contributed by atoms with Gasteiger partial charge in [-0.25, -0.2) is 0 Å². The van der Waals surface area contributed by atoms with E-state index >= 15 is 0 Å². The average Bonchev–Trinajstić information content (AvgIpc) is 2.73. The van der Waals surface area contributed by atoms with Crippen molar-refractivity contribution < 1.29 is 19.4 Å². The first-order valence-corrected chi connectivity index (χ1v) is 10.5. The summed E-state index contributed by atoms with van der Waals surface area (Å²) >= 11 is 0. The first-order valence-electron chi connectivity index (χ1n) is 10.5. The van der Waals surface area contributed by atoms with Crippen LogP contribution in [0.4, 0.5) is 0 Å². The van der Waals surface area contributed by atoms with Crippen molar-refractivity contribution in [3.05, 3.63) is 65.7 Å². The number of carbonyl (C=O) groups is 1. The highest BCUT2D eigenvalue weighted by atomic mass is 16.5. The summed E-state index contributed by atoms with van der Waals surface area (Å²) in [6.07, 6.45) is 5.26. The van der Waals surface area contributed by atoms with Gasteiger partial charge in [0.15, 0.2) is 0 Å². The number of carboxylic acid groups (broad SMARTS) is 1. The van der Waals surface area contributed by atoms with Crippen LogP contribution in [0.1, 0.15) is 43.2 Å². The molecule has 158 valence electrons. The Hall–Kier alpha value is -2.37. The number of unbranched alkanes of at least 4 members (excludes halogenated alkanes) is 2. The van der Waals surface area contributed by atoms with Crippen LogP contribution in [0.25, 0.3) is 0 Å². The third-order valence-corrected chi connectivity index (χ3v) is 4.55. The summed E-state index contributed by atoms with van der Waals surface area (Å²) in [5.74, 6) is 0.156. The molecule has 0 bridgehead atoms. The third-order valence-electron chi connectivity index (χ3n) is 4.55. The van der Waals surface area contributed by atoms with Crippen molar-refractivity contribution in [3.63, 3.8) is 0 Å². The van der Waals surface area contributed by atoms with Crippen LogP contribution in [0.15, 0.2) is 54.6 Å². The molecular weight excluding hydrogens is 366 g/mol. The first kappa shape index (κ1) is 22.9. The highest BCUT2D eigenvalue weighted by Crippen LogP contribution is 2.15. The Labute approximate surface area is 174 Å². The number of hydrogen-bond acceptors (Lipinski definition) is 4. The summed E-state index contributed by atoms with van der Waals surface area (Å²) in [6, 6.07) is 18.5. The van der Waals surface area contributed by atoms with Gasteiger partial charge >= 0.3 is 5.97 Å². The van der Waals surface area contributed by atoms with E-state index in [1.54, 1.807) is 0 Å². The van der Waals surface area contributed by atoms with E-state index in [4.69, 9.17) is 14.6 Å². The summed E-state index contributed by atoms with van der Waals surface area (Å²) in [5.41, 5.74) is 2.46. The summed E-state index contributed by atoms with van der Waals surface area (Å²) in [7, 11) is 0. The van der Waals surface area contributed by atoms with Crippen LogP contribution in [0.2, 0.25) is 0 Å². The SMILES string of the molecule is O=C(O)CCNCCCc1cccc(OCCCCCOCc2ccccc2)c1. The fraction of sp³-hybridized carbons (Fsp3) is 0.458. The number of rotatable bonds is 16. The Balaban J connectivity index is 1.48. The molecule has 0 spiro atoms. The minimum absolute atomic E-state index is 0.169. The number of benzene rings is 2. The Morgan fingerprint density at radius 3 is 2.48 bits per heavy atom. The molecule has 2 N–H and O–H groups in total. The van der Waals surface area contributed by atoms with Gasteiger partial charge in [0, 0.05) is 13.2 Å². The Bertz CT molecular complexity index is 690. The number of carboxylic acids is 1. The highest BCUT2D eigenvalue weighted by Gasteiger charge is 2.00. The molecule has 2 aromatic carbocycles. The molecule has 2 rings (SSSR count). The van der Waals surface area contributed by atoms with E-state index in [1.165, 1.54) is 11.1 Å². The molecule has 0 aromatic heterocycles. The molecule has 0 saturated heterocycles. The van der Waals surface area contributed by atoms with Crippen LogP contribution in [0.3, 0.4) is 0 Å². The second-order valence-corrected chi connectivity index (χ2v) is 7.09. The molecule has 0 atom stereocenters. The lowest BCUT2D eigenvalue weighted by atomic mass is 10.1. The minimum atomic E-state index is -0.762. The molecule has 0 radical (unpaired) electrons. The topological polar surface area (TPSA) is 67.8 Å². The van der Waals surface area contributed by atoms with Gasteiger partial charge in [0.05, 0.1) is 19.6 Å². The molecular formula is C24H33NO4. The van der Waals surface area contributed by atoms with Gasteiger partial charge in [0.25, 0.3) is 0 Å². The van der Waals surface area contributed by atoms with Crippen molar-refractivity contribution in [2.24, 2.45) is 0 Å². The lowest BCUT2D eigenvalue weighted by molar-refractivity contribution is -0.136. The lowest BCUT2D eigenvalue weighted by Crippen LogP contribution is -2.19. The van der Waals surface area contributed by atoms with Gasteiger partial charge in [-0.1, -0.05) is 42.5 Å². The van der Waals surface area contributed by atoms with Gasteiger partial charge in [0.1, 0.15) is 5.75 Å². The Morgan fingerprint density at radius 2 is 1.66 bits per heavy atom. The van der Waals surface area contributed by atoms with Crippen LogP contribution in [0.5, 0.6) is 5.75 Å². The average molecular weight is 400 g/mol. The molecule has 2 aromatic rings. The predicted octanol–water partition coefficient (Wildman–Crippen LogP) is 4.45. The largest absolute Gasteiger partial charge is 0.494 e. The standard InChI is InChI=1S/C24H33NO4/c26-24(27)14-16-25-15-8-12-21-11-7-13-23(19-21)29-18-6-2-5-17-28-20-22-9-3-1-4-10-22/h1,3-4,7,9-11,13,19,25H,2,5-6,8,12,14-18,20H2,(H,26,27). The zero-order valence-electron chi connectivity index (χ0n) is 17.1. The molecule has 5 heteroatoms. The number of aryl methyl sites for hydroxylation is 1. The number of ether oxygens (including phenoxy) is 2. The van der Waals surface area contributed by atoms with Crippen LogP contribution < -0.4 is 10.1 Å². The van der Waals surface area contributed by atoms with E-state index < -0.39 is 5.97 Å².